The van der Waals surface area contributed by atoms with Crippen molar-refractivity contribution < 1.29 is 41.5 Å². The third-order valence-corrected chi connectivity index (χ3v) is 1.76. The van der Waals surface area contributed by atoms with Gasteiger partial charge in [-0.3, -0.25) is 0 Å². The zero-order valence-corrected chi connectivity index (χ0v) is 10.8. The van der Waals surface area contributed by atoms with Crippen molar-refractivity contribution in [3.05, 3.63) is 48.5 Å². The summed E-state index contributed by atoms with van der Waals surface area (Å²) < 4.78 is 0. The van der Waals surface area contributed by atoms with E-state index in [0.29, 0.717) is 0 Å². The molecule has 0 atom stereocenters. The van der Waals surface area contributed by atoms with E-state index in [4.69, 9.17) is 20.4 Å². The van der Waals surface area contributed by atoms with Gasteiger partial charge in [-0.1, -0.05) is 24.3 Å². The molecule has 4 N–H and O–H groups in total. The molecule has 2 rings (SSSR count). The Labute approximate surface area is 113 Å². The number of hydrogen-bond acceptors (Lipinski definition) is 4. The van der Waals surface area contributed by atoms with Crippen LogP contribution in [0, 0.1) is 0 Å². The average Bonchev–Trinajstić information content (AvgIpc) is 2.28. The van der Waals surface area contributed by atoms with E-state index in [0.717, 1.165) is 0 Å². The monoisotopic (exact) mass is 318 g/mol. The van der Waals surface area contributed by atoms with E-state index in [9.17, 15) is 0 Å². The second-order valence-corrected chi connectivity index (χ2v) is 2.98. The second-order valence-electron chi connectivity index (χ2n) is 2.98. The molecule has 0 unspecified atom stereocenters. The van der Waals surface area contributed by atoms with Crippen LogP contribution >= 0.6 is 0 Å². The molecule has 0 saturated carbocycles. The van der Waals surface area contributed by atoms with Gasteiger partial charge in [0.05, 0.1) is 0 Å². The Morgan fingerprint density at radius 1 is 0.471 bits per heavy atom. The number of hydrogen-bond donors (Lipinski definition) is 4. The van der Waals surface area contributed by atoms with E-state index < -0.39 is 0 Å². The van der Waals surface area contributed by atoms with Crippen LogP contribution < -0.4 is 0 Å². The molecule has 4 nitrogen and oxygen atoms in total. The third kappa shape index (κ3) is 5.27. The van der Waals surface area contributed by atoms with Gasteiger partial charge in [0.15, 0.2) is 23.0 Å². The van der Waals surface area contributed by atoms with E-state index >= 15 is 0 Å². The first kappa shape index (κ1) is 15.3. The summed E-state index contributed by atoms with van der Waals surface area (Å²) in [5.41, 5.74) is 0. The molecule has 5 heteroatoms. The maximum Gasteiger partial charge on any atom is 0.157 e. The minimum atomic E-state index is -0.0764. The first-order valence-corrected chi connectivity index (χ1v) is 4.55. The SMILES string of the molecule is Oc1ccccc1O.Oc1ccccc1O.[Mo]. The molecule has 2 aromatic carbocycles. The van der Waals surface area contributed by atoms with Crippen molar-refractivity contribution in [2.75, 3.05) is 0 Å². The van der Waals surface area contributed by atoms with Crippen LogP contribution in [0.1, 0.15) is 0 Å². The molecule has 0 saturated heterocycles. The summed E-state index contributed by atoms with van der Waals surface area (Å²) in [5, 5.41) is 34.7. The summed E-state index contributed by atoms with van der Waals surface area (Å²) in [6, 6.07) is 12.3. The van der Waals surface area contributed by atoms with E-state index in [-0.39, 0.29) is 44.1 Å². The van der Waals surface area contributed by atoms with Crippen LogP contribution in [0.15, 0.2) is 48.5 Å². The summed E-state index contributed by atoms with van der Waals surface area (Å²) in [5.74, 6) is -0.306. The van der Waals surface area contributed by atoms with Gasteiger partial charge in [0, 0.05) is 21.1 Å². The molecule has 0 aliphatic carbocycles. The van der Waals surface area contributed by atoms with Crippen LogP contribution in [0.3, 0.4) is 0 Å². The van der Waals surface area contributed by atoms with Crippen molar-refractivity contribution in [3.63, 3.8) is 0 Å². The molecule has 0 heterocycles. The van der Waals surface area contributed by atoms with Crippen LogP contribution in [0.2, 0.25) is 0 Å². The summed E-state index contributed by atoms with van der Waals surface area (Å²) >= 11 is 0. The fourth-order valence-electron chi connectivity index (χ4n) is 0.928. The summed E-state index contributed by atoms with van der Waals surface area (Å²) in [7, 11) is 0. The van der Waals surface area contributed by atoms with Crippen molar-refractivity contribution in [2.45, 2.75) is 0 Å². The Kier molecular flexibility index (Phi) is 6.83. The molecule has 0 fully saturated rings. The van der Waals surface area contributed by atoms with Gasteiger partial charge in [-0.15, -0.1) is 0 Å². The van der Waals surface area contributed by atoms with Crippen molar-refractivity contribution in [1.82, 2.24) is 0 Å². The van der Waals surface area contributed by atoms with Crippen LogP contribution in [-0.2, 0) is 21.1 Å². The Morgan fingerprint density at radius 3 is 0.765 bits per heavy atom. The van der Waals surface area contributed by atoms with Crippen molar-refractivity contribution in [2.24, 2.45) is 0 Å². The Balaban J connectivity index is 0.000000284. The van der Waals surface area contributed by atoms with Crippen LogP contribution in [0.4, 0.5) is 0 Å². The van der Waals surface area contributed by atoms with Gasteiger partial charge in [-0.25, -0.2) is 0 Å². The summed E-state index contributed by atoms with van der Waals surface area (Å²) in [4.78, 5) is 0. The number of aromatic hydroxyl groups is 4. The largest absolute Gasteiger partial charge is 0.504 e. The molecule has 0 aromatic heterocycles. The minimum Gasteiger partial charge on any atom is -0.504 e. The molecule has 0 amide bonds. The standard InChI is InChI=1S/2C6H6O2.Mo/c2*7-5-3-1-2-4-6(5)8;/h2*1-4,7-8H;. The fourth-order valence-corrected chi connectivity index (χ4v) is 0.928. The predicted octanol–water partition coefficient (Wildman–Crippen LogP) is 2.19. The number of phenols is 4. The zero-order chi connectivity index (χ0) is 12.0. The molecule has 0 bridgehead atoms. The van der Waals surface area contributed by atoms with Gasteiger partial charge < -0.3 is 20.4 Å². The Morgan fingerprint density at radius 2 is 0.647 bits per heavy atom. The van der Waals surface area contributed by atoms with Crippen LogP contribution in [0.25, 0.3) is 0 Å². The van der Waals surface area contributed by atoms with E-state index in [1.54, 1.807) is 24.3 Å². The number of phenolic OH excluding ortho intramolecular Hbond substituents is 4. The maximum absolute atomic E-state index is 8.67. The molecule has 0 aliphatic rings. The fraction of sp³-hybridized carbons (Fsp3) is 0. The molecular weight excluding hydrogens is 304 g/mol. The van der Waals surface area contributed by atoms with E-state index in [1.165, 1.54) is 24.3 Å². The van der Waals surface area contributed by atoms with Crippen LogP contribution in [-0.4, -0.2) is 20.4 Å². The zero-order valence-electron chi connectivity index (χ0n) is 8.82. The Bertz CT molecular complexity index is 374. The topological polar surface area (TPSA) is 80.9 Å². The summed E-state index contributed by atoms with van der Waals surface area (Å²) in [6.07, 6.45) is 0. The van der Waals surface area contributed by atoms with Gasteiger partial charge >= 0.3 is 0 Å². The summed E-state index contributed by atoms with van der Waals surface area (Å²) in [6.45, 7) is 0. The van der Waals surface area contributed by atoms with Crippen molar-refractivity contribution >= 4 is 0 Å². The van der Waals surface area contributed by atoms with Crippen molar-refractivity contribution in [3.8, 4) is 23.0 Å². The first-order valence-electron chi connectivity index (χ1n) is 4.55. The number of benzene rings is 2. The first-order chi connectivity index (χ1) is 7.61. The molecule has 2 aromatic rings. The van der Waals surface area contributed by atoms with Gasteiger partial charge in [-0.2, -0.15) is 0 Å². The molecular formula is C12H12MoO4. The molecule has 0 spiro atoms. The number of rotatable bonds is 0. The number of para-hydroxylation sites is 4. The normalized spacial score (nSPS) is 8.47. The minimum absolute atomic E-state index is 0. The van der Waals surface area contributed by atoms with Crippen molar-refractivity contribution in [1.29, 1.82) is 0 Å². The third-order valence-electron chi connectivity index (χ3n) is 1.76. The van der Waals surface area contributed by atoms with Gasteiger partial charge in [-0.05, 0) is 24.3 Å². The molecule has 17 heavy (non-hydrogen) atoms. The van der Waals surface area contributed by atoms with Gasteiger partial charge in [0.25, 0.3) is 0 Å². The Hall–Kier alpha value is -1.67. The van der Waals surface area contributed by atoms with E-state index in [2.05, 4.69) is 0 Å². The predicted molar refractivity (Wildman–Crippen MR) is 59.5 cm³/mol. The van der Waals surface area contributed by atoms with Gasteiger partial charge in [0.2, 0.25) is 0 Å². The molecule has 0 aliphatic heterocycles. The van der Waals surface area contributed by atoms with Crippen LogP contribution in [0.5, 0.6) is 23.0 Å². The molecule has 90 valence electrons. The smallest absolute Gasteiger partial charge is 0.157 e. The second kappa shape index (κ2) is 7.58. The molecule has 0 radical (unpaired) electrons. The van der Waals surface area contributed by atoms with E-state index in [1.807, 2.05) is 0 Å². The quantitative estimate of drug-likeness (QED) is 0.444. The van der Waals surface area contributed by atoms with Gasteiger partial charge in [0.1, 0.15) is 0 Å². The average molecular weight is 316 g/mol. The maximum atomic E-state index is 8.67.